The summed E-state index contributed by atoms with van der Waals surface area (Å²) in [7, 11) is 0. The molecule has 17 heavy (non-hydrogen) atoms. The Balaban J connectivity index is 2.50. The SMILES string of the molecule is O=c1cc(-c2ccc([N+](=O)[O-])cc2)[nH]c(=S)[nH]1. The summed E-state index contributed by atoms with van der Waals surface area (Å²) < 4.78 is 0.214. The molecule has 2 rings (SSSR count). The fraction of sp³-hybridized carbons (Fsp3) is 0. The predicted molar refractivity (Wildman–Crippen MR) is 64.3 cm³/mol. The zero-order chi connectivity index (χ0) is 12.4. The van der Waals surface area contributed by atoms with Crippen LogP contribution >= 0.6 is 12.2 Å². The molecule has 86 valence electrons. The molecule has 0 bridgehead atoms. The first kappa shape index (κ1) is 11.2. The van der Waals surface area contributed by atoms with E-state index >= 15 is 0 Å². The van der Waals surface area contributed by atoms with Crippen LogP contribution in [0, 0.1) is 14.9 Å². The van der Waals surface area contributed by atoms with Crippen molar-refractivity contribution >= 4 is 17.9 Å². The number of nitrogens with one attached hydrogen (secondary N) is 2. The molecule has 0 amide bonds. The van der Waals surface area contributed by atoms with Crippen LogP contribution in [0.2, 0.25) is 0 Å². The summed E-state index contributed by atoms with van der Waals surface area (Å²) in [6.45, 7) is 0. The van der Waals surface area contributed by atoms with Gasteiger partial charge < -0.3 is 4.98 Å². The first-order chi connectivity index (χ1) is 8.06. The largest absolute Gasteiger partial charge is 0.332 e. The van der Waals surface area contributed by atoms with E-state index in [1.165, 1.54) is 18.2 Å². The standard InChI is InChI=1S/C10H7N3O3S/c14-9-5-8(11-10(17)12-9)6-1-3-7(4-2-6)13(15)16/h1-5H,(H2,11,12,14,17). The number of nitro benzene ring substituents is 1. The Labute approximate surface area is 100 Å². The van der Waals surface area contributed by atoms with E-state index in [2.05, 4.69) is 9.97 Å². The average molecular weight is 249 g/mol. The molecular weight excluding hydrogens is 242 g/mol. The summed E-state index contributed by atoms with van der Waals surface area (Å²) >= 11 is 4.84. The summed E-state index contributed by atoms with van der Waals surface area (Å²) in [4.78, 5) is 26.4. The van der Waals surface area contributed by atoms with Gasteiger partial charge in [0.1, 0.15) is 0 Å². The first-order valence-corrected chi connectivity index (χ1v) is 5.05. The van der Waals surface area contributed by atoms with Crippen LogP contribution in [0.5, 0.6) is 0 Å². The molecule has 1 aromatic heterocycles. The van der Waals surface area contributed by atoms with E-state index in [1.54, 1.807) is 12.1 Å². The minimum atomic E-state index is -0.482. The maximum Gasteiger partial charge on any atom is 0.269 e. The fourth-order valence-corrected chi connectivity index (χ4v) is 1.60. The van der Waals surface area contributed by atoms with Gasteiger partial charge in [-0.3, -0.25) is 19.9 Å². The van der Waals surface area contributed by atoms with Gasteiger partial charge in [-0.25, -0.2) is 0 Å². The number of non-ortho nitro benzene ring substituents is 1. The molecule has 1 heterocycles. The zero-order valence-electron chi connectivity index (χ0n) is 8.47. The molecule has 1 aromatic carbocycles. The maximum atomic E-state index is 11.2. The number of benzene rings is 1. The summed E-state index contributed by atoms with van der Waals surface area (Å²) in [5.41, 5.74) is 0.862. The van der Waals surface area contributed by atoms with Gasteiger partial charge in [0.2, 0.25) is 0 Å². The molecule has 0 aliphatic heterocycles. The Hall–Kier alpha value is -2.28. The summed E-state index contributed by atoms with van der Waals surface area (Å²) in [5, 5.41) is 10.5. The molecule has 0 unspecified atom stereocenters. The molecule has 2 N–H and O–H groups in total. The summed E-state index contributed by atoms with van der Waals surface area (Å²) in [6.07, 6.45) is 0. The number of hydrogen-bond donors (Lipinski definition) is 2. The van der Waals surface area contributed by atoms with E-state index in [9.17, 15) is 14.9 Å². The van der Waals surface area contributed by atoms with Gasteiger partial charge in [0.05, 0.1) is 10.6 Å². The van der Waals surface area contributed by atoms with Crippen LogP contribution in [0.25, 0.3) is 11.3 Å². The third-order valence-electron chi connectivity index (χ3n) is 2.15. The number of aromatic nitrogens is 2. The van der Waals surface area contributed by atoms with E-state index in [4.69, 9.17) is 12.2 Å². The minimum absolute atomic E-state index is 0.00260. The highest BCUT2D eigenvalue weighted by Gasteiger charge is 2.05. The highest BCUT2D eigenvalue weighted by molar-refractivity contribution is 7.71. The lowest BCUT2D eigenvalue weighted by Gasteiger charge is -2.00. The Morgan fingerprint density at radius 1 is 1.18 bits per heavy atom. The van der Waals surface area contributed by atoms with Crippen LogP contribution in [0.4, 0.5) is 5.69 Å². The quantitative estimate of drug-likeness (QED) is 0.483. The molecule has 6 nitrogen and oxygen atoms in total. The number of hydrogen-bond acceptors (Lipinski definition) is 4. The number of rotatable bonds is 2. The van der Waals surface area contributed by atoms with Crippen LogP contribution in [-0.2, 0) is 0 Å². The fourth-order valence-electron chi connectivity index (χ4n) is 1.39. The highest BCUT2D eigenvalue weighted by Crippen LogP contribution is 2.19. The summed E-state index contributed by atoms with van der Waals surface area (Å²) in [6, 6.07) is 7.19. The van der Waals surface area contributed by atoms with Crippen molar-refractivity contribution < 1.29 is 4.92 Å². The molecular formula is C10H7N3O3S. The van der Waals surface area contributed by atoms with Gasteiger partial charge in [0, 0.05) is 18.2 Å². The number of H-pyrrole nitrogens is 2. The van der Waals surface area contributed by atoms with Gasteiger partial charge >= 0.3 is 0 Å². The maximum absolute atomic E-state index is 11.2. The zero-order valence-corrected chi connectivity index (χ0v) is 9.28. The van der Waals surface area contributed by atoms with Crippen LogP contribution in [0.15, 0.2) is 35.1 Å². The normalized spacial score (nSPS) is 10.1. The lowest BCUT2D eigenvalue weighted by molar-refractivity contribution is -0.384. The van der Waals surface area contributed by atoms with E-state index in [0.29, 0.717) is 11.3 Å². The average Bonchev–Trinajstić information content (AvgIpc) is 2.28. The third kappa shape index (κ3) is 2.45. The number of nitrogens with zero attached hydrogens (tertiary/aromatic N) is 1. The molecule has 0 fully saturated rings. The Bertz CT molecular complexity index is 644. The topological polar surface area (TPSA) is 91.8 Å². The van der Waals surface area contributed by atoms with Crippen molar-refractivity contribution in [3.8, 4) is 11.3 Å². The van der Waals surface area contributed by atoms with Crippen molar-refractivity contribution in [3.63, 3.8) is 0 Å². The second-order valence-electron chi connectivity index (χ2n) is 3.31. The van der Waals surface area contributed by atoms with Crippen molar-refractivity contribution in [1.82, 2.24) is 9.97 Å². The van der Waals surface area contributed by atoms with Crippen LogP contribution in [0.1, 0.15) is 0 Å². The molecule has 0 saturated heterocycles. The third-order valence-corrected chi connectivity index (χ3v) is 2.35. The van der Waals surface area contributed by atoms with E-state index in [-0.39, 0.29) is 16.0 Å². The van der Waals surface area contributed by atoms with Crippen LogP contribution in [0.3, 0.4) is 0 Å². The van der Waals surface area contributed by atoms with Crippen LogP contribution in [-0.4, -0.2) is 14.9 Å². The summed E-state index contributed by atoms with van der Waals surface area (Å²) in [5.74, 6) is 0. The predicted octanol–water partition coefficient (Wildman–Crippen LogP) is 2.01. The van der Waals surface area contributed by atoms with E-state index < -0.39 is 4.92 Å². The smallest absolute Gasteiger partial charge is 0.269 e. The van der Waals surface area contributed by atoms with Crippen LogP contribution < -0.4 is 5.56 Å². The van der Waals surface area contributed by atoms with Gasteiger partial charge in [0.15, 0.2) is 4.77 Å². The van der Waals surface area contributed by atoms with Gasteiger partial charge in [0.25, 0.3) is 11.2 Å². The van der Waals surface area contributed by atoms with Crippen molar-refractivity contribution in [2.45, 2.75) is 0 Å². The molecule has 0 saturated carbocycles. The molecule has 0 aliphatic carbocycles. The van der Waals surface area contributed by atoms with Crippen molar-refractivity contribution in [2.24, 2.45) is 0 Å². The monoisotopic (exact) mass is 249 g/mol. The second kappa shape index (κ2) is 4.30. The van der Waals surface area contributed by atoms with Gasteiger partial charge in [-0.2, -0.15) is 0 Å². The lowest BCUT2D eigenvalue weighted by Crippen LogP contribution is -2.06. The molecule has 0 radical (unpaired) electrons. The Morgan fingerprint density at radius 2 is 1.82 bits per heavy atom. The molecule has 7 heteroatoms. The molecule has 0 atom stereocenters. The Morgan fingerprint density at radius 3 is 2.35 bits per heavy atom. The van der Waals surface area contributed by atoms with E-state index in [0.717, 1.165) is 0 Å². The lowest BCUT2D eigenvalue weighted by atomic mass is 10.1. The van der Waals surface area contributed by atoms with Crippen molar-refractivity contribution in [1.29, 1.82) is 0 Å². The second-order valence-corrected chi connectivity index (χ2v) is 3.71. The van der Waals surface area contributed by atoms with Crippen molar-refractivity contribution in [3.05, 3.63) is 55.6 Å². The first-order valence-electron chi connectivity index (χ1n) is 4.65. The minimum Gasteiger partial charge on any atom is -0.332 e. The highest BCUT2D eigenvalue weighted by atomic mass is 32.1. The molecule has 2 aromatic rings. The number of nitro groups is 1. The van der Waals surface area contributed by atoms with Crippen molar-refractivity contribution in [2.75, 3.05) is 0 Å². The van der Waals surface area contributed by atoms with Gasteiger partial charge in [-0.1, -0.05) is 0 Å². The van der Waals surface area contributed by atoms with E-state index in [1.807, 2.05) is 0 Å². The van der Waals surface area contributed by atoms with Gasteiger partial charge in [-0.05, 0) is 29.9 Å². The molecule has 0 spiro atoms. The number of aromatic amines is 2. The Kier molecular flexibility index (Phi) is 2.84. The van der Waals surface area contributed by atoms with Gasteiger partial charge in [-0.15, -0.1) is 0 Å². The molecule has 0 aliphatic rings.